The summed E-state index contributed by atoms with van der Waals surface area (Å²) in [6.45, 7) is 7.64. The Morgan fingerprint density at radius 2 is 1.77 bits per heavy atom. The first kappa shape index (κ1) is 22.4. The van der Waals surface area contributed by atoms with Crippen molar-refractivity contribution in [2.24, 2.45) is 0 Å². The first-order valence-electron chi connectivity index (χ1n) is 9.94. The van der Waals surface area contributed by atoms with Crippen molar-refractivity contribution in [2.75, 3.05) is 13.2 Å². The number of aromatic amines is 1. The number of nitriles is 1. The van der Waals surface area contributed by atoms with E-state index >= 15 is 0 Å². The molecule has 1 unspecified atom stereocenters. The Kier molecular flexibility index (Phi) is 6.90. The number of aryl methyl sites for hydroxylation is 1. The van der Waals surface area contributed by atoms with Crippen molar-refractivity contribution in [3.05, 3.63) is 80.6 Å². The molecule has 0 spiro atoms. The van der Waals surface area contributed by atoms with Crippen molar-refractivity contribution >= 4 is 23.2 Å². The molecule has 0 aliphatic heterocycles. The fraction of sp³-hybridized carbons (Fsp3) is 0.292. The van der Waals surface area contributed by atoms with E-state index in [9.17, 15) is 10.4 Å². The van der Waals surface area contributed by atoms with Crippen molar-refractivity contribution in [3.8, 4) is 17.2 Å². The van der Waals surface area contributed by atoms with Crippen LogP contribution in [0.4, 0.5) is 0 Å². The normalized spacial score (nSPS) is 16.3. The van der Waals surface area contributed by atoms with Crippen LogP contribution in [0.25, 0.3) is 11.1 Å². The van der Waals surface area contributed by atoms with Crippen LogP contribution in [0.5, 0.6) is 0 Å². The standard InChI is InChI=1S/C20H14Cl2N2O.C4H10O/c1-2-17-13(10-23)18-12-8-7-11(21)9-15(12)20(25,19(18)24-17)14-5-3-4-6-16(14)22;1-3-5-4-2/h3-9,24-25H,2H2,1H3;3-4H2,1-2H3. The van der Waals surface area contributed by atoms with Gasteiger partial charge in [-0.25, -0.2) is 0 Å². The number of hydrogen-bond donors (Lipinski definition) is 2. The highest BCUT2D eigenvalue weighted by atomic mass is 35.5. The fourth-order valence-corrected chi connectivity index (χ4v) is 4.33. The lowest BCUT2D eigenvalue weighted by Gasteiger charge is -2.26. The molecule has 6 heteroatoms. The van der Waals surface area contributed by atoms with E-state index in [1.54, 1.807) is 24.3 Å². The van der Waals surface area contributed by atoms with Crippen LogP contribution in [0.2, 0.25) is 10.0 Å². The molecule has 1 atom stereocenters. The number of benzene rings is 2. The van der Waals surface area contributed by atoms with Gasteiger partial charge in [-0.1, -0.05) is 54.4 Å². The molecule has 30 heavy (non-hydrogen) atoms. The second-order valence-electron chi connectivity index (χ2n) is 6.86. The number of nitrogens with zero attached hydrogens (tertiary/aromatic N) is 1. The lowest BCUT2D eigenvalue weighted by molar-refractivity contribution is 0.126. The fourth-order valence-electron chi connectivity index (χ4n) is 3.89. The number of fused-ring (bicyclic) bond motifs is 3. The number of aromatic nitrogens is 1. The highest BCUT2D eigenvalue weighted by Crippen LogP contribution is 2.54. The zero-order valence-electron chi connectivity index (χ0n) is 17.2. The molecule has 1 aliphatic carbocycles. The predicted octanol–water partition coefficient (Wildman–Crippen LogP) is 6.06. The van der Waals surface area contributed by atoms with Gasteiger partial charge in [-0.05, 0) is 44.0 Å². The summed E-state index contributed by atoms with van der Waals surface area (Å²) in [5, 5.41) is 22.5. The number of hydrogen-bond acceptors (Lipinski definition) is 3. The zero-order chi connectivity index (χ0) is 21.9. The van der Waals surface area contributed by atoms with Gasteiger partial charge in [-0.3, -0.25) is 0 Å². The van der Waals surface area contributed by atoms with E-state index in [2.05, 4.69) is 11.1 Å². The van der Waals surface area contributed by atoms with Crippen molar-refractivity contribution in [2.45, 2.75) is 32.8 Å². The minimum Gasteiger partial charge on any atom is -0.382 e. The van der Waals surface area contributed by atoms with Gasteiger partial charge in [0.1, 0.15) is 6.07 Å². The van der Waals surface area contributed by atoms with Crippen LogP contribution >= 0.6 is 23.2 Å². The highest BCUT2D eigenvalue weighted by Gasteiger charge is 2.47. The van der Waals surface area contributed by atoms with E-state index in [0.717, 1.165) is 30.0 Å². The monoisotopic (exact) mass is 442 g/mol. The van der Waals surface area contributed by atoms with Crippen LogP contribution < -0.4 is 0 Å². The Bertz CT molecular complexity index is 1100. The van der Waals surface area contributed by atoms with E-state index in [0.29, 0.717) is 38.9 Å². The first-order chi connectivity index (χ1) is 14.4. The number of H-pyrrole nitrogens is 1. The average molecular weight is 443 g/mol. The van der Waals surface area contributed by atoms with Gasteiger partial charge in [0.05, 0.1) is 11.3 Å². The maximum Gasteiger partial charge on any atom is 0.157 e. The molecule has 0 amide bonds. The first-order valence-corrected chi connectivity index (χ1v) is 10.7. The largest absolute Gasteiger partial charge is 0.382 e. The molecular formula is C24H24Cl2N2O2. The quantitative estimate of drug-likeness (QED) is 0.515. The lowest BCUT2D eigenvalue weighted by Crippen LogP contribution is -2.27. The van der Waals surface area contributed by atoms with Crippen LogP contribution in [0.15, 0.2) is 42.5 Å². The smallest absolute Gasteiger partial charge is 0.157 e. The molecule has 3 aromatic rings. The van der Waals surface area contributed by atoms with Gasteiger partial charge in [0.15, 0.2) is 5.60 Å². The summed E-state index contributed by atoms with van der Waals surface area (Å²) >= 11 is 12.6. The van der Waals surface area contributed by atoms with Gasteiger partial charge in [0.2, 0.25) is 0 Å². The summed E-state index contributed by atoms with van der Waals surface area (Å²) in [4.78, 5) is 3.27. The van der Waals surface area contributed by atoms with Crippen LogP contribution in [0.3, 0.4) is 0 Å². The molecule has 156 valence electrons. The SMILES string of the molecule is CCOCC.CCc1[nH]c2c(c1C#N)-c1ccc(Cl)cc1C2(O)c1ccccc1Cl. The van der Waals surface area contributed by atoms with E-state index in [1.807, 2.05) is 39.0 Å². The van der Waals surface area contributed by atoms with Gasteiger partial charge in [-0.2, -0.15) is 5.26 Å². The van der Waals surface area contributed by atoms with Gasteiger partial charge in [0.25, 0.3) is 0 Å². The lowest BCUT2D eigenvalue weighted by atomic mass is 9.87. The minimum atomic E-state index is -1.48. The maximum atomic E-state index is 11.8. The molecular weight excluding hydrogens is 419 g/mol. The molecule has 4 nitrogen and oxygen atoms in total. The summed E-state index contributed by atoms with van der Waals surface area (Å²) < 4.78 is 4.83. The molecule has 0 saturated heterocycles. The molecule has 2 aromatic carbocycles. The van der Waals surface area contributed by atoms with E-state index < -0.39 is 5.60 Å². The Morgan fingerprint density at radius 3 is 2.33 bits per heavy atom. The van der Waals surface area contributed by atoms with E-state index in [1.165, 1.54) is 0 Å². The van der Waals surface area contributed by atoms with Crippen molar-refractivity contribution in [1.82, 2.24) is 4.98 Å². The van der Waals surface area contributed by atoms with E-state index in [4.69, 9.17) is 27.9 Å². The van der Waals surface area contributed by atoms with Crippen molar-refractivity contribution in [3.63, 3.8) is 0 Å². The Labute approximate surface area is 187 Å². The van der Waals surface area contributed by atoms with Gasteiger partial charge < -0.3 is 14.8 Å². The van der Waals surface area contributed by atoms with Crippen LogP contribution in [0, 0.1) is 11.3 Å². The average Bonchev–Trinajstić information content (AvgIpc) is 3.23. The second-order valence-corrected chi connectivity index (χ2v) is 7.70. The number of rotatable bonds is 4. The zero-order valence-corrected chi connectivity index (χ0v) is 18.7. The third kappa shape index (κ3) is 3.64. The minimum absolute atomic E-state index is 0.454. The molecule has 1 heterocycles. The molecule has 0 bridgehead atoms. The van der Waals surface area contributed by atoms with Crippen molar-refractivity contribution < 1.29 is 9.84 Å². The van der Waals surface area contributed by atoms with E-state index in [-0.39, 0.29) is 0 Å². The summed E-state index contributed by atoms with van der Waals surface area (Å²) in [5.41, 5.74) is 3.19. The van der Waals surface area contributed by atoms with Crippen LogP contribution in [-0.4, -0.2) is 23.3 Å². The second kappa shape index (κ2) is 9.24. The van der Waals surface area contributed by atoms with Gasteiger partial charge in [-0.15, -0.1) is 0 Å². The van der Waals surface area contributed by atoms with Gasteiger partial charge in [0, 0.05) is 45.6 Å². The molecule has 0 fully saturated rings. The Balaban J connectivity index is 0.000000461. The summed E-state index contributed by atoms with van der Waals surface area (Å²) in [6, 6.07) is 14.8. The third-order valence-corrected chi connectivity index (χ3v) is 5.78. The third-order valence-electron chi connectivity index (χ3n) is 5.22. The summed E-state index contributed by atoms with van der Waals surface area (Å²) in [6.07, 6.45) is 0.664. The number of ether oxygens (including phenoxy) is 1. The molecule has 1 aliphatic rings. The van der Waals surface area contributed by atoms with Gasteiger partial charge >= 0.3 is 0 Å². The van der Waals surface area contributed by atoms with Crippen molar-refractivity contribution in [1.29, 1.82) is 5.26 Å². The summed E-state index contributed by atoms with van der Waals surface area (Å²) in [7, 11) is 0. The Morgan fingerprint density at radius 1 is 1.07 bits per heavy atom. The highest BCUT2D eigenvalue weighted by molar-refractivity contribution is 6.32. The van der Waals surface area contributed by atoms with Crippen LogP contribution in [-0.2, 0) is 16.8 Å². The molecule has 0 radical (unpaired) electrons. The molecule has 2 N–H and O–H groups in total. The molecule has 1 aromatic heterocycles. The maximum absolute atomic E-state index is 11.8. The topological polar surface area (TPSA) is 69.0 Å². The summed E-state index contributed by atoms with van der Waals surface area (Å²) in [5.74, 6) is 0. The number of halogens is 2. The predicted molar refractivity (Wildman–Crippen MR) is 121 cm³/mol. The van der Waals surface area contributed by atoms with Crippen LogP contribution in [0.1, 0.15) is 48.8 Å². The Hall–Kier alpha value is -2.29. The number of nitrogens with one attached hydrogen (secondary N) is 1. The molecule has 4 rings (SSSR count). The number of aliphatic hydroxyl groups is 1. The molecule has 0 saturated carbocycles.